The molecule has 1 aromatic rings. The molecule has 0 bridgehead atoms. The third-order valence-electron chi connectivity index (χ3n) is 4.33. The van der Waals surface area contributed by atoms with Crippen LogP contribution in [0.3, 0.4) is 0 Å². The van der Waals surface area contributed by atoms with Crippen molar-refractivity contribution in [2.75, 3.05) is 13.6 Å². The fourth-order valence-corrected chi connectivity index (χ4v) is 4.60. The van der Waals surface area contributed by atoms with Crippen LogP contribution in [0, 0.1) is 17.8 Å². The van der Waals surface area contributed by atoms with E-state index in [1.165, 1.54) is 4.88 Å². The van der Waals surface area contributed by atoms with Crippen LogP contribution < -0.4 is 0 Å². The Morgan fingerprint density at radius 2 is 2.25 bits per heavy atom. The molecule has 2 rings (SSSR count). The number of carbonyl (C=O) groups is 1. The number of hydrogen-bond donors (Lipinski definition) is 0. The normalized spacial score (nSPS) is 23.8. The van der Waals surface area contributed by atoms with Crippen molar-refractivity contribution < 1.29 is 4.79 Å². The first-order valence-corrected chi connectivity index (χ1v) is 9.07. The first kappa shape index (κ1) is 16.2. The molecule has 0 radical (unpaired) electrons. The molecule has 0 amide bonds. The number of nitrogens with zero attached hydrogens (tertiary/aromatic N) is 1. The molecule has 0 N–H and O–H groups in total. The predicted octanol–water partition coefficient (Wildman–Crippen LogP) is 4.58. The minimum absolute atomic E-state index is 0.240. The van der Waals surface area contributed by atoms with Gasteiger partial charge in [0.25, 0.3) is 0 Å². The van der Waals surface area contributed by atoms with Crippen LogP contribution in [0.1, 0.15) is 38.0 Å². The van der Waals surface area contributed by atoms with Gasteiger partial charge < -0.3 is 4.90 Å². The number of Topliss-reactive ketones (excluding diaryl/α,β-unsaturated/α-hetero) is 1. The maximum absolute atomic E-state index is 12.1. The van der Waals surface area contributed by atoms with Crippen molar-refractivity contribution in [2.45, 2.75) is 39.7 Å². The first-order chi connectivity index (χ1) is 9.45. The minimum Gasteiger partial charge on any atom is -0.301 e. The molecule has 2 unspecified atom stereocenters. The van der Waals surface area contributed by atoms with Gasteiger partial charge in [0.05, 0.1) is 0 Å². The maximum atomic E-state index is 12.1. The molecule has 0 saturated heterocycles. The molecule has 2 nitrogen and oxygen atoms in total. The molecule has 1 aliphatic carbocycles. The number of rotatable bonds is 5. The van der Waals surface area contributed by atoms with Gasteiger partial charge in [-0.25, -0.2) is 0 Å². The molecule has 20 heavy (non-hydrogen) atoms. The summed E-state index contributed by atoms with van der Waals surface area (Å²) in [5.74, 6) is 2.14. The van der Waals surface area contributed by atoms with Gasteiger partial charge in [-0.1, -0.05) is 13.8 Å². The molecule has 1 heterocycles. The summed E-state index contributed by atoms with van der Waals surface area (Å²) in [4.78, 5) is 15.8. The lowest BCUT2D eigenvalue weighted by atomic mass is 9.75. The third-order valence-corrected chi connectivity index (χ3v) is 6.01. The Morgan fingerprint density at radius 1 is 1.50 bits per heavy atom. The van der Waals surface area contributed by atoms with Gasteiger partial charge in [0.1, 0.15) is 5.78 Å². The highest BCUT2D eigenvalue weighted by molar-refractivity contribution is 9.10. The summed E-state index contributed by atoms with van der Waals surface area (Å²) in [6.07, 6.45) is 2.95. The Hall–Kier alpha value is -0.190. The maximum Gasteiger partial charge on any atom is 0.137 e. The molecule has 1 aromatic heterocycles. The van der Waals surface area contributed by atoms with Gasteiger partial charge in [0.2, 0.25) is 0 Å². The van der Waals surface area contributed by atoms with E-state index in [1.807, 2.05) is 0 Å². The lowest BCUT2D eigenvalue weighted by Crippen LogP contribution is -2.35. The third kappa shape index (κ3) is 4.40. The number of ketones is 1. The topological polar surface area (TPSA) is 20.3 Å². The van der Waals surface area contributed by atoms with Gasteiger partial charge in [-0.3, -0.25) is 4.79 Å². The largest absolute Gasteiger partial charge is 0.301 e. The predicted molar refractivity (Wildman–Crippen MR) is 89.0 cm³/mol. The lowest BCUT2D eigenvalue weighted by Gasteiger charge is -2.32. The number of halogens is 1. The van der Waals surface area contributed by atoms with E-state index in [0.29, 0.717) is 11.7 Å². The summed E-state index contributed by atoms with van der Waals surface area (Å²) in [6.45, 7) is 6.40. The fourth-order valence-electron chi connectivity index (χ4n) is 3.07. The summed E-state index contributed by atoms with van der Waals surface area (Å²) in [5.41, 5.74) is 0. The van der Waals surface area contributed by atoms with Crippen molar-refractivity contribution in [1.29, 1.82) is 0 Å². The van der Waals surface area contributed by atoms with Crippen LogP contribution in [0.5, 0.6) is 0 Å². The number of hydrogen-bond acceptors (Lipinski definition) is 3. The van der Waals surface area contributed by atoms with Gasteiger partial charge in [-0.05, 0) is 53.7 Å². The Kier molecular flexibility index (Phi) is 5.82. The molecule has 4 heteroatoms. The SMILES string of the molecule is CC(C)C1CCC(=O)C(CN(C)Cc2cc(Br)cs2)C1. The monoisotopic (exact) mass is 357 g/mol. The molecule has 1 fully saturated rings. The van der Waals surface area contributed by atoms with E-state index in [-0.39, 0.29) is 5.92 Å². The van der Waals surface area contributed by atoms with E-state index in [4.69, 9.17) is 0 Å². The molecular formula is C16H24BrNOS. The van der Waals surface area contributed by atoms with Crippen molar-refractivity contribution in [1.82, 2.24) is 4.90 Å². The van der Waals surface area contributed by atoms with E-state index in [0.717, 1.165) is 42.7 Å². The average Bonchev–Trinajstić information content (AvgIpc) is 2.77. The minimum atomic E-state index is 0.240. The standard InChI is InChI=1S/C16H24BrNOS/c1-11(2)12-4-5-16(19)13(6-12)8-18(3)9-15-7-14(17)10-20-15/h7,10-13H,4-6,8-9H2,1-3H3. The summed E-state index contributed by atoms with van der Waals surface area (Å²) in [5, 5.41) is 2.11. The van der Waals surface area contributed by atoms with Crippen molar-refractivity contribution >= 4 is 33.0 Å². The van der Waals surface area contributed by atoms with Crippen LogP contribution in [0.4, 0.5) is 0 Å². The molecule has 0 spiro atoms. The van der Waals surface area contributed by atoms with Gasteiger partial charge in [0.15, 0.2) is 0 Å². The second kappa shape index (κ2) is 7.19. The van der Waals surface area contributed by atoms with Crippen molar-refractivity contribution in [3.8, 4) is 0 Å². The number of thiophene rings is 1. The zero-order valence-corrected chi connectivity index (χ0v) is 15.0. The quantitative estimate of drug-likeness (QED) is 0.768. The van der Waals surface area contributed by atoms with E-state index >= 15 is 0 Å². The summed E-state index contributed by atoms with van der Waals surface area (Å²) < 4.78 is 1.15. The zero-order chi connectivity index (χ0) is 14.7. The Balaban J connectivity index is 1.88. The summed E-state index contributed by atoms with van der Waals surface area (Å²) in [6, 6.07) is 2.17. The molecule has 1 saturated carbocycles. The summed E-state index contributed by atoms with van der Waals surface area (Å²) >= 11 is 5.26. The van der Waals surface area contributed by atoms with E-state index in [2.05, 4.69) is 53.2 Å². The molecule has 1 aliphatic rings. The van der Waals surface area contributed by atoms with Gasteiger partial charge in [-0.15, -0.1) is 11.3 Å². The van der Waals surface area contributed by atoms with Crippen molar-refractivity contribution in [3.63, 3.8) is 0 Å². The van der Waals surface area contributed by atoms with Crippen LogP contribution in [-0.2, 0) is 11.3 Å². The molecular weight excluding hydrogens is 334 g/mol. The van der Waals surface area contributed by atoms with Crippen LogP contribution in [0.25, 0.3) is 0 Å². The molecule has 0 aromatic carbocycles. The van der Waals surface area contributed by atoms with Gasteiger partial charge in [0, 0.05) is 40.2 Å². The molecule has 2 atom stereocenters. The van der Waals surface area contributed by atoms with E-state index in [9.17, 15) is 4.79 Å². The Labute approximate surface area is 134 Å². The van der Waals surface area contributed by atoms with Crippen molar-refractivity contribution in [3.05, 3.63) is 20.8 Å². The fraction of sp³-hybridized carbons (Fsp3) is 0.688. The smallest absolute Gasteiger partial charge is 0.137 e. The lowest BCUT2D eigenvalue weighted by molar-refractivity contribution is -0.126. The highest BCUT2D eigenvalue weighted by Gasteiger charge is 2.30. The Bertz CT molecular complexity index is 457. The first-order valence-electron chi connectivity index (χ1n) is 7.40. The van der Waals surface area contributed by atoms with Gasteiger partial charge in [-0.2, -0.15) is 0 Å². The second-order valence-corrected chi connectivity index (χ2v) is 8.28. The van der Waals surface area contributed by atoms with Crippen molar-refractivity contribution in [2.24, 2.45) is 17.8 Å². The van der Waals surface area contributed by atoms with Crippen LogP contribution in [-0.4, -0.2) is 24.3 Å². The zero-order valence-electron chi connectivity index (χ0n) is 12.6. The second-order valence-electron chi connectivity index (χ2n) is 6.37. The van der Waals surface area contributed by atoms with Crippen LogP contribution >= 0.6 is 27.3 Å². The highest BCUT2D eigenvalue weighted by Crippen LogP contribution is 2.32. The van der Waals surface area contributed by atoms with Gasteiger partial charge >= 0.3 is 0 Å². The van der Waals surface area contributed by atoms with E-state index in [1.54, 1.807) is 11.3 Å². The number of carbonyl (C=O) groups excluding carboxylic acids is 1. The summed E-state index contributed by atoms with van der Waals surface area (Å²) in [7, 11) is 2.12. The highest BCUT2D eigenvalue weighted by atomic mass is 79.9. The van der Waals surface area contributed by atoms with E-state index < -0.39 is 0 Å². The molecule has 112 valence electrons. The molecule has 0 aliphatic heterocycles. The Morgan fingerprint density at radius 3 is 2.85 bits per heavy atom. The average molecular weight is 358 g/mol. The van der Waals surface area contributed by atoms with Crippen LogP contribution in [0.15, 0.2) is 15.9 Å². The van der Waals surface area contributed by atoms with Crippen LogP contribution in [0.2, 0.25) is 0 Å².